The fourth-order valence-electron chi connectivity index (χ4n) is 6.07. The Morgan fingerprint density at radius 3 is 2.60 bits per heavy atom. The summed E-state index contributed by atoms with van der Waals surface area (Å²) in [6, 6.07) is 22.4. The lowest BCUT2D eigenvalue weighted by Crippen LogP contribution is -2.33. The number of amides is 2. The summed E-state index contributed by atoms with van der Waals surface area (Å²) in [6.45, 7) is 1.05. The molecule has 5 aromatic rings. The summed E-state index contributed by atoms with van der Waals surface area (Å²) in [5.74, 6) is 0.945. The molecule has 0 saturated carbocycles. The maximum absolute atomic E-state index is 13.1. The van der Waals surface area contributed by atoms with Gasteiger partial charge in [0.15, 0.2) is 11.5 Å². The van der Waals surface area contributed by atoms with Gasteiger partial charge in [-0.3, -0.25) is 14.6 Å². The SMILES string of the molecule is COc1cc2c(cc1OCCCC(=O)Nc1ccc3ccc4cccc5ccc1c3c45)C=N[C@@H]1CCCN1C2=O. The van der Waals surface area contributed by atoms with Gasteiger partial charge in [0, 0.05) is 35.8 Å². The number of carbonyl (C=O) groups excluding carboxylic acids is 2. The van der Waals surface area contributed by atoms with E-state index in [-0.39, 0.29) is 18.0 Å². The van der Waals surface area contributed by atoms with E-state index in [1.165, 1.54) is 21.5 Å². The highest BCUT2D eigenvalue weighted by molar-refractivity contribution is 6.25. The molecule has 1 atom stereocenters. The molecular weight excluding hydrogens is 502 g/mol. The summed E-state index contributed by atoms with van der Waals surface area (Å²) in [5, 5.41) is 10.1. The van der Waals surface area contributed by atoms with Gasteiger partial charge in [0.1, 0.15) is 6.17 Å². The lowest BCUT2D eigenvalue weighted by Gasteiger charge is -2.20. The first-order valence-electron chi connectivity index (χ1n) is 13.8. The number of hydrogen-bond donors (Lipinski definition) is 1. The van der Waals surface area contributed by atoms with E-state index in [1.54, 1.807) is 19.4 Å². The number of ether oxygens (including phenoxy) is 2. The van der Waals surface area contributed by atoms with Crippen LogP contribution in [0.2, 0.25) is 0 Å². The number of anilines is 1. The third kappa shape index (κ3) is 4.09. The van der Waals surface area contributed by atoms with Crippen molar-refractivity contribution < 1.29 is 19.1 Å². The van der Waals surface area contributed by atoms with Crippen molar-refractivity contribution in [2.24, 2.45) is 4.99 Å². The van der Waals surface area contributed by atoms with Gasteiger partial charge in [-0.15, -0.1) is 0 Å². The van der Waals surface area contributed by atoms with E-state index >= 15 is 0 Å². The highest BCUT2D eigenvalue weighted by atomic mass is 16.5. The molecule has 0 aliphatic carbocycles. The van der Waals surface area contributed by atoms with Gasteiger partial charge >= 0.3 is 0 Å². The molecule has 40 heavy (non-hydrogen) atoms. The van der Waals surface area contributed by atoms with Crippen LogP contribution in [0.5, 0.6) is 11.5 Å². The molecule has 7 heteroatoms. The summed E-state index contributed by atoms with van der Waals surface area (Å²) in [4.78, 5) is 32.4. The van der Waals surface area contributed by atoms with Crippen LogP contribution in [0.3, 0.4) is 0 Å². The largest absolute Gasteiger partial charge is 0.493 e. The second-order valence-corrected chi connectivity index (χ2v) is 10.5. The van der Waals surface area contributed by atoms with Crippen LogP contribution in [0.25, 0.3) is 32.3 Å². The van der Waals surface area contributed by atoms with E-state index in [0.717, 1.165) is 41.4 Å². The molecule has 0 spiro atoms. The minimum atomic E-state index is -0.0952. The van der Waals surface area contributed by atoms with Crippen LogP contribution in [-0.4, -0.2) is 49.4 Å². The zero-order valence-corrected chi connectivity index (χ0v) is 22.3. The fraction of sp³-hybridized carbons (Fsp3) is 0.242. The van der Waals surface area contributed by atoms with Crippen LogP contribution in [0.4, 0.5) is 5.69 Å². The summed E-state index contributed by atoms with van der Waals surface area (Å²) >= 11 is 0. The average Bonchev–Trinajstić information content (AvgIpc) is 3.41. The summed E-state index contributed by atoms with van der Waals surface area (Å²) in [5.41, 5.74) is 2.11. The number of nitrogens with zero attached hydrogens (tertiary/aromatic N) is 2. The van der Waals surface area contributed by atoms with Gasteiger partial charge in [-0.25, -0.2) is 0 Å². The molecule has 5 aromatic carbocycles. The topological polar surface area (TPSA) is 80.2 Å². The number of methoxy groups -OCH3 is 1. The Morgan fingerprint density at radius 2 is 1.77 bits per heavy atom. The lowest BCUT2D eigenvalue weighted by molar-refractivity contribution is -0.116. The molecule has 1 fully saturated rings. The number of fused-ring (bicyclic) bond motifs is 2. The monoisotopic (exact) mass is 531 g/mol. The molecule has 2 heterocycles. The first kappa shape index (κ1) is 24.4. The number of carbonyl (C=O) groups is 2. The van der Waals surface area contributed by atoms with Gasteiger partial charge in [0.25, 0.3) is 5.91 Å². The Hall–Kier alpha value is -4.65. The molecule has 0 aromatic heterocycles. The van der Waals surface area contributed by atoms with E-state index in [4.69, 9.17) is 9.47 Å². The number of aliphatic imine (C=N–C) groups is 1. The average molecular weight is 532 g/mol. The van der Waals surface area contributed by atoms with Crippen molar-refractivity contribution in [3.63, 3.8) is 0 Å². The molecule has 1 N–H and O–H groups in total. The van der Waals surface area contributed by atoms with Crippen LogP contribution < -0.4 is 14.8 Å². The Morgan fingerprint density at radius 1 is 1.00 bits per heavy atom. The van der Waals surface area contributed by atoms with Crippen molar-refractivity contribution in [2.75, 3.05) is 25.6 Å². The Bertz CT molecular complexity index is 1800. The molecule has 1 saturated heterocycles. The molecule has 0 unspecified atom stereocenters. The van der Waals surface area contributed by atoms with E-state index in [0.29, 0.717) is 36.5 Å². The van der Waals surface area contributed by atoms with Crippen molar-refractivity contribution in [3.05, 3.63) is 77.9 Å². The van der Waals surface area contributed by atoms with Crippen LogP contribution in [0, 0.1) is 0 Å². The predicted octanol–water partition coefficient (Wildman–Crippen LogP) is 6.38. The molecule has 2 aliphatic heterocycles. The van der Waals surface area contributed by atoms with Crippen LogP contribution >= 0.6 is 0 Å². The van der Waals surface area contributed by atoms with Crippen LogP contribution in [0.15, 0.2) is 71.7 Å². The minimum absolute atomic E-state index is 0.0247. The molecule has 7 nitrogen and oxygen atoms in total. The zero-order valence-electron chi connectivity index (χ0n) is 22.3. The quantitative estimate of drug-likeness (QED) is 0.195. The van der Waals surface area contributed by atoms with Gasteiger partial charge in [-0.05, 0) is 64.4 Å². The van der Waals surface area contributed by atoms with Crippen molar-refractivity contribution in [1.82, 2.24) is 4.90 Å². The molecule has 0 bridgehead atoms. The highest BCUT2D eigenvalue weighted by Crippen LogP contribution is 2.38. The Balaban J connectivity index is 1.03. The van der Waals surface area contributed by atoms with E-state index < -0.39 is 0 Å². The smallest absolute Gasteiger partial charge is 0.256 e. The van der Waals surface area contributed by atoms with Crippen LogP contribution in [-0.2, 0) is 4.79 Å². The lowest BCUT2D eigenvalue weighted by atomic mass is 9.93. The molecular formula is C33H29N3O4. The van der Waals surface area contributed by atoms with E-state index in [1.807, 2.05) is 17.0 Å². The second kappa shape index (κ2) is 9.83. The summed E-state index contributed by atoms with van der Waals surface area (Å²) in [7, 11) is 1.56. The number of benzene rings is 5. The van der Waals surface area contributed by atoms with Gasteiger partial charge in [0.2, 0.25) is 5.91 Å². The maximum atomic E-state index is 13.1. The first-order chi connectivity index (χ1) is 19.6. The molecule has 2 aliphatic rings. The number of hydrogen-bond acceptors (Lipinski definition) is 5. The molecule has 200 valence electrons. The molecule has 2 amide bonds. The van der Waals surface area contributed by atoms with Crippen molar-refractivity contribution >= 4 is 56.0 Å². The molecule has 7 rings (SSSR count). The normalized spacial score (nSPS) is 16.4. The minimum Gasteiger partial charge on any atom is -0.493 e. The molecule has 0 radical (unpaired) electrons. The summed E-state index contributed by atoms with van der Waals surface area (Å²) < 4.78 is 11.6. The van der Waals surface area contributed by atoms with Crippen molar-refractivity contribution in [2.45, 2.75) is 31.8 Å². The number of nitrogens with one attached hydrogen (secondary N) is 1. The van der Waals surface area contributed by atoms with Crippen LogP contribution in [0.1, 0.15) is 41.6 Å². The van der Waals surface area contributed by atoms with Crippen molar-refractivity contribution in [3.8, 4) is 11.5 Å². The van der Waals surface area contributed by atoms with Gasteiger partial charge in [-0.2, -0.15) is 0 Å². The predicted molar refractivity (Wildman–Crippen MR) is 158 cm³/mol. The zero-order chi connectivity index (χ0) is 27.2. The standard InChI is InChI=1S/C33H29N3O4/c1-39-27-18-25-23(19-34-29-7-3-15-36(29)33(25)38)17-28(27)40-16-4-8-30(37)35-26-14-12-22-10-9-20-5-2-6-21-11-13-24(26)32(22)31(20)21/h2,5-6,9-14,17-19,29H,3-4,7-8,15-16H2,1H3,(H,35,37)/t29-/m0/s1. The Kier molecular flexibility index (Phi) is 5.99. The third-order valence-corrected chi connectivity index (χ3v) is 8.04. The maximum Gasteiger partial charge on any atom is 0.256 e. The third-order valence-electron chi connectivity index (χ3n) is 8.04. The van der Waals surface area contributed by atoms with Gasteiger partial charge in [0.05, 0.1) is 19.3 Å². The van der Waals surface area contributed by atoms with Gasteiger partial charge < -0.3 is 19.7 Å². The first-order valence-corrected chi connectivity index (χ1v) is 13.8. The van der Waals surface area contributed by atoms with Crippen molar-refractivity contribution in [1.29, 1.82) is 0 Å². The van der Waals surface area contributed by atoms with E-state index in [9.17, 15) is 9.59 Å². The fourth-order valence-corrected chi connectivity index (χ4v) is 6.07. The Labute approximate surface area is 231 Å². The highest BCUT2D eigenvalue weighted by Gasteiger charge is 2.32. The summed E-state index contributed by atoms with van der Waals surface area (Å²) in [6.07, 6.45) is 4.35. The van der Waals surface area contributed by atoms with Gasteiger partial charge in [-0.1, -0.05) is 48.5 Å². The second-order valence-electron chi connectivity index (χ2n) is 10.5. The number of rotatable bonds is 7. The van der Waals surface area contributed by atoms with E-state index in [2.05, 4.69) is 58.8 Å².